The van der Waals surface area contributed by atoms with E-state index in [1.165, 1.54) is 10.3 Å². The first-order chi connectivity index (χ1) is 11.1. The molecule has 0 aliphatic heterocycles. The number of para-hydroxylation sites is 1. The van der Waals surface area contributed by atoms with Gasteiger partial charge in [0, 0.05) is 17.9 Å². The van der Waals surface area contributed by atoms with Crippen molar-refractivity contribution in [2.75, 3.05) is 11.1 Å². The van der Waals surface area contributed by atoms with Gasteiger partial charge in [-0.3, -0.25) is 4.79 Å². The Labute approximate surface area is 144 Å². The molecular weight excluding hydrogens is 324 g/mol. The number of anilines is 1. The zero-order chi connectivity index (χ0) is 16.2. The predicted molar refractivity (Wildman–Crippen MR) is 99.5 cm³/mol. The number of rotatable bonds is 5. The van der Waals surface area contributed by atoms with E-state index < -0.39 is 0 Å². The Morgan fingerprint density at radius 1 is 1.17 bits per heavy atom. The van der Waals surface area contributed by atoms with Gasteiger partial charge in [0.05, 0.1) is 10.2 Å². The number of amides is 1. The van der Waals surface area contributed by atoms with Gasteiger partial charge in [-0.05, 0) is 43.2 Å². The third-order valence-corrected chi connectivity index (χ3v) is 5.89. The van der Waals surface area contributed by atoms with Gasteiger partial charge in [-0.15, -0.1) is 11.3 Å². The van der Waals surface area contributed by atoms with Crippen LogP contribution in [0.2, 0.25) is 0 Å². The van der Waals surface area contributed by atoms with Gasteiger partial charge in [-0.1, -0.05) is 36.0 Å². The Bertz CT molecular complexity index is 809. The Morgan fingerprint density at radius 3 is 2.83 bits per heavy atom. The van der Waals surface area contributed by atoms with Gasteiger partial charge < -0.3 is 5.32 Å². The molecule has 0 saturated carbocycles. The quantitative estimate of drug-likeness (QED) is 0.661. The first-order valence-electron chi connectivity index (χ1n) is 7.48. The lowest BCUT2D eigenvalue weighted by Crippen LogP contribution is -2.13. The highest BCUT2D eigenvalue weighted by molar-refractivity contribution is 8.01. The number of fused-ring (bicyclic) bond motifs is 1. The molecule has 1 amide bonds. The van der Waals surface area contributed by atoms with E-state index in [0.29, 0.717) is 6.42 Å². The molecule has 0 aliphatic carbocycles. The van der Waals surface area contributed by atoms with Gasteiger partial charge in [-0.2, -0.15) is 0 Å². The second-order valence-electron chi connectivity index (χ2n) is 5.34. The molecule has 23 heavy (non-hydrogen) atoms. The van der Waals surface area contributed by atoms with Crippen molar-refractivity contribution in [3.05, 3.63) is 53.6 Å². The number of carbonyl (C=O) groups excluding carboxylic acids is 1. The highest BCUT2D eigenvalue weighted by atomic mass is 32.2. The number of nitrogens with zero attached hydrogens (tertiary/aromatic N) is 1. The highest BCUT2D eigenvalue weighted by Crippen LogP contribution is 2.29. The van der Waals surface area contributed by atoms with E-state index in [1.807, 2.05) is 50.2 Å². The number of hydrogen-bond acceptors (Lipinski definition) is 4. The van der Waals surface area contributed by atoms with E-state index in [4.69, 9.17) is 0 Å². The standard InChI is InChI=1S/C18H18N2OS2/c1-12-6-5-8-14(13(12)2)19-17(21)10-11-22-18-20-15-7-3-4-9-16(15)23-18/h3-9H,10-11H2,1-2H3,(H,19,21). The van der Waals surface area contributed by atoms with Crippen LogP contribution in [0, 0.1) is 13.8 Å². The van der Waals surface area contributed by atoms with Crippen LogP contribution in [0.25, 0.3) is 10.2 Å². The third-order valence-electron chi connectivity index (χ3n) is 3.71. The SMILES string of the molecule is Cc1cccc(NC(=O)CCSc2nc3ccccc3s2)c1C. The summed E-state index contributed by atoms with van der Waals surface area (Å²) in [6.07, 6.45) is 0.480. The number of benzene rings is 2. The second-order valence-corrected chi connectivity index (χ2v) is 7.71. The van der Waals surface area contributed by atoms with E-state index in [0.717, 1.165) is 26.9 Å². The molecule has 0 fully saturated rings. The molecule has 2 aromatic carbocycles. The predicted octanol–water partition coefficient (Wildman–Crippen LogP) is 5.03. The van der Waals surface area contributed by atoms with Crippen LogP contribution in [0.5, 0.6) is 0 Å². The third kappa shape index (κ3) is 3.92. The van der Waals surface area contributed by atoms with Crippen LogP contribution in [0.4, 0.5) is 5.69 Å². The normalized spacial score (nSPS) is 10.9. The first kappa shape index (κ1) is 16.0. The minimum atomic E-state index is 0.0484. The summed E-state index contributed by atoms with van der Waals surface area (Å²) in [4.78, 5) is 16.7. The van der Waals surface area contributed by atoms with Gasteiger partial charge >= 0.3 is 0 Å². The molecule has 0 atom stereocenters. The summed E-state index contributed by atoms with van der Waals surface area (Å²) in [6.45, 7) is 4.08. The Balaban J connectivity index is 1.54. The molecule has 0 aliphatic rings. The van der Waals surface area contributed by atoms with Crippen molar-refractivity contribution in [1.29, 1.82) is 0 Å². The summed E-state index contributed by atoms with van der Waals surface area (Å²) in [6, 6.07) is 14.1. The number of thioether (sulfide) groups is 1. The summed E-state index contributed by atoms with van der Waals surface area (Å²) in [5, 5.41) is 2.99. The van der Waals surface area contributed by atoms with E-state index in [2.05, 4.69) is 16.4 Å². The topological polar surface area (TPSA) is 42.0 Å². The molecule has 0 unspecified atom stereocenters. The maximum Gasteiger partial charge on any atom is 0.225 e. The number of aryl methyl sites for hydroxylation is 1. The molecule has 0 radical (unpaired) electrons. The van der Waals surface area contributed by atoms with Crippen LogP contribution in [-0.4, -0.2) is 16.6 Å². The smallest absolute Gasteiger partial charge is 0.225 e. The summed E-state index contributed by atoms with van der Waals surface area (Å²) < 4.78 is 2.21. The maximum atomic E-state index is 12.1. The summed E-state index contributed by atoms with van der Waals surface area (Å²) in [5.41, 5.74) is 4.24. The number of thiazole rings is 1. The average Bonchev–Trinajstić information content (AvgIpc) is 2.94. The fourth-order valence-electron chi connectivity index (χ4n) is 2.24. The molecule has 0 spiro atoms. The summed E-state index contributed by atoms with van der Waals surface area (Å²) in [5.74, 6) is 0.781. The second kappa shape index (κ2) is 7.15. The van der Waals surface area contributed by atoms with Crippen molar-refractivity contribution in [3.8, 4) is 0 Å². The summed E-state index contributed by atoms with van der Waals surface area (Å²) in [7, 11) is 0. The lowest BCUT2D eigenvalue weighted by molar-refractivity contribution is -0.115. The number of aromatic nitrogens is 1. The monoisotopic (exact) mass is 342 g/mol. The molecule has 1 aromatic heterocycles. The van der Waals surface area contributed by atoms with Crippen LogP contribution in [-0.2, 0) is 4.79 Å². The van der Waals surface area contributed by atoms with Crippen molar-refractivity contribution >= 4 is 44.9 Å². The van der Waals surface area contributed by atoms with E-state index in [1.54, 1.807) is 23.1 Å². The van der Waals surface area contributed by atoms with Crippen molar-refractivity contribution in [2.45, 2.75) is 24.6 Å². The van der Waals surface area contributed by atoms with Crippen LogP contribution < -0.4 is 5.32 Å². The van der Waals surface area contributed by atoms with Crippen molar-refractivity contribution in [3.63, 3.8) is 0 Å². The number of nitrogens with one attached hydrogen (secondary N) is 1. The summed E-state index contributed by atoms with van der Waals surface area (Å²) >= 11 is 3.32. The molecule has 3 nitrogen and oxygen atoms in total. The van der Waals surface area contributed by atoms with Crippen LogP contribution in [0.3, 0.4) is 0 Å². The van der Waals surface area contributed by atoms with Gasteiger partial charge in [0.2, 0.25) is 5.91 Å². The van der Waals surface area contributed by atoms with Crippen molar-refractivity contribution in [2.24, 2.45) is 0 Å². The van der Waals surface area contributed by atoms with Crippen LogP contribution in [0.15, 0.2) is 46.8 Å². The average molecular weight is 342 g/mol. The minimum absolute atomic E-state index is 0.0484. The lowest BCUT2D eigenvalue weighted by Gasteiger charge is -2.09. The van der Waals surface area contributed by atoms with Crippen LogP contribution in [0.1, 0.15) is 17.5 Å². The number of carbonyl (C=O) groups is 1. The van der Waals surface area contributed by atoms with Gasteiger partial charge in [0.25, 0.3) is 0 Å². The van der Waals surface area contributed by atoms with E-state index in [9.17, 15) is 4.79 Å². The first-order valence-corrected chi connectivity index (χ1v) is 9.28. The zero-order valence-corrected chi connectivity index (χ0v) is 14.8. The van der Waals surface area contributed by atoms with Gasteiger partial charge in [0.15, 0.2) is 4.34 Å². The van der Waals surface area contributed by atoms with E-state index in [-0.39, 0.29) is 5.91 Å². The molecule has 3 rings (SSSR count). The maximum absolute atomic E-state index is 12.1. The van der Waals surface area contributed by atoms with Crippen molar-refractivity contribution < 1.29 is 4.79 Å². The Hall–Kier alpha value is -1.85. The highest BCUT2D eigenvalue weighted by Gasteiger charge is 2.08. The lowest BCUT2D eigenvalue weighted by atomic mass is 10.1. The molecule has 1 N–H and O–H groups in total. The largest absolute Gasteiger partial charge is 0.326 e. The zero-order valence-electron chi connectivity index (χ0n) is 13.1. The van der Waals surface area contributed by atoms with Gasteiger partial charge in [-0.25, -0.2) is 4.98 Å². The molecule has 5 heteroatoms. The van der Waals surface area contributed by atoms with Crippen molar-refractivity contribution in [1.82, 2.24) is 4.98 Å². The molecule has 118 valence electrons. The molecule has 0 saturated heterocycles. The Morgan fingerprint density at radius 2 is 2.00 bits per heavy atom. The minimum Gasteiger partial charge on any atom is -0.326 e. The van der Waals surface area contributed by atoms with E-state index >= 15 is 0 Å². The van der Waals surface area contributed by atoms with Crippen LogP contribution >= 0.6 is 23.1 Å². The fourth-order valence-corrected chi connectivity index (χ4v) is 4.32. The number of hydrogen-bond donors (Lipinski definition) is 1. The fraction of sp³-hybridized carbons (Fsp3) is 0.222. The molecule has 0 bridgehead atoms. The van der Waals surface area contributed by atoms with Gasteiger partial charge in [0.1, 0.15) is 0 Å². The molecule has 1 heterocycles. The Kier molecular flexibility index (Phi) is 4.98. The molecule has 3 aromatic rings. The molecular formula is C18H18N2OS2.